The van der Waals surface area contributed by atoms with E-state index < -0.39 is 18.8 Å². The maximum absolute atomic E-state index is 14.5. The summed E-state index contributed by atoms with van der Waals surface area (Å²) in [5.74, 6) is 1.56. The smallest absolute Gasteiger partial charge is 0.272 e. The van der Waals surface area contributed by atoms with Gasteiger partial charge in [0, 0.05) is 0 Å². The lowest BCUT2D eigenvalue weighted by molar-refractivity contribution is 0.0799. The SMILES string of the molecule is CCCCCCCC1CCC(/C=C/C2CCC(c3ccc(OCC(F)F)c(F)c3Cl)CC2)CC1. The minimum Gasteiger partial charge on any atom is -0.485 e. The highest BCUT2D eigenvalue weighted by molar-refractivity contribution is 6.31. The molecule has 2 saturated carbocycles. The summed E-state index contributed by atoms with van der Waals surface area (Å²) in [4.78, 5) is 0. The van der Waals surface area contributed by atoms with Crippen LogP contribution in [0.2, 0.25) is 5.02 Å². The van der Waals surface area contributed by atoms with E-state index in [-0.39, 0.29) is 16.7 Å². The molecule has 0 N–H and O–H groups in total. The van der Waals surface area contributed by atoms with Crippen LogP contribution >= 0.6 is 11.6 Å². The van der Waals surface area contributed by atoms with Crippen LogP contribution in [0.5, 0.6) is 5.75 Å². The van der Waals surface area contributed by atoms with Crippen LogP contribution in [0.3, 0.4) is 0 Å². The van der Waals surface area contributed by atoms with Gasteiger partial charge in [0.15, 0.2) is 11.6 Å². The number of halogens is 4. The van der Waals surface area contributed by atoms with Gasteiger partial charge in [0.05, 0.1) is 5.02 Å². The molecule has 0 aliphatic heterocycles. The zero-order valence-corrected chi connectivity index (χ0v) is 21.5. The first kappa shape index (κ1) is 27.4. The highest BCUT2D eigenvalue weighted by Crippen LogP contribution is 2.42. The molecule has 0 saturated heterocycles. The quantitative estimate of drug-likeness (QED) is 0.206. The van der Waals surface area contributed by atoms with Gasteiger partial charge in [-0.05, 0) is 86.7 Å². The van der Waals surface area contributed by atoms with E-state index in [2.05, 4.69) is 19.1 Å². The number of unbranched alkanes of at least 4 members (excludes halogenated alkanes) is 4. The van der Waals surface area contributed by atoms with Crippen molar-refractivity contribution in [3.05, 3.63) is 40.7 Å². The Morgan fingerprint density at radius 1 is 0.912 bits per heavy atom. The molecular formula is C29H42ClF3O. The van der Waals surface area contributed by atoms with Gasteiger partial charge in [0.2, 0.25) is 0 Å². The Hall–Kier alpha value is -1.16. The fourth-order valence-corrected chi connectivity index (χ4v) is 6.08. The largest absolute Gasteiger partial charge is 0.485 e. The lowest BCUT2D eigenvalue weighted by Crippen LogP contribution is -2.15. The summed E-state index contributed by atoms with van der Waals surface area (Å²) in [5.41, 5.74) is 0.777. The zero-order valence-electron chi connectivity index (χ0n) is 20.7. The molecule has 3 rings (SSSR count). The van der Waals surface area contributed by atoms with Crippen LogP contribution in [0.4, 0.5) is 13.2 Å². The Labute approximate surface area is 209 Å². The second kappa shape index (κ2) is 14.4. The van der Waals surface area contributed by atoms with Gasteiger partial charge in [-0.25, -0.2) is 13.2 Å². The molecule has 0 aromatic heterocycles. The molecule has 0 amide bonds. The van der Waals surface area contributed by atoms with E-state index in [1.165, 1.54) is 70.3 Å². The van der Waals surface area contributed by atoms with Crippen LogP contribution in [0.1, 0.15) is 108 Å². The monoisotopic (exact) mass is 498 g/mol. The molecule has 5 heteroatoms. The van der Waals surface area contributed by atoms with Gasteiger partial charge < -0.3 is 4.74 Å². The molecule has 0 heterocycles. The number of rotatable bonds is 12. The van der Waals surface area contributed by atoms with Crippen LogP contribution < -0.4 is 4.74 Å². The Balaban J connectivity index is 1.39. The highest BCUT2D eigenvalue weighted by Gasteiger charge is 2.26. The molecule has 0 unspecified atom stereocenters. The first-order chi connectivity index (χ1) is 16.5. The summed E-state index contributed by atoms with van der Waals surface area (Å²) in [6.07, 6.45) is 20.2. The zero-order chi connectivity index (χ0) is 24.3. The Morgan fingerprint density at radius 2 is 1.53 bits per heavy atom. The first-order valence-electron chi connectivity index (χ1n) is 13.5. The predicted molar refractivity (Wildman–Crippen MR) is 136 cm³/mol. The molecule has 0 spiro atoms. The van der Waals surface area contributed by atoms with E-state index in [1.54, 1.807) is 6.07 Å². The van der Waals surface area contributed by atoms with Crippen LogP contribution in [0, 0.1) is 23.6 Å². The Morgan fingerprint density at radius 3 is 2.15 bits per heavy atom. The molecule has 2 aliphatic carbocycles. The predicted octanol–water partition coefficient (Wildman–Crippen LogP) is 10.1. The molecule has 1 aromatic rings. The number of hydrogen-bond donors (Lipinski definition) is 0. The number of benzene rings is 1. The summed E-state index contributed by atoms with van der Waals surface area (Å²) < 4.78 is 44.1. The lowest BCUT2D eigenvalue weighted by Gasteiger charge is -2.29. The topological polar surface area (TPSA) is 9.23 Å². The summed E-state index contributed by atoms with van der Waals surface area (Å²) in [5, 5.41) is 0.0212. The first-order valence-corrected chi connectivity index (χ1v) is 13.9. The third-order valence-electron chi connectivity index (χ3n) is 7.92. The van der Waals surface area contributed by atoms with Crippen LogP contribution in [-0.4, -0.2) is 13.0 Å². The highest BCUT2D eigenvalue weighted by atomic mass is 35.5. The van der Waals surface area contributed by atoms with Gasteiger partial charge in [-0.1, -0.05) is 75.3 Å². The fraction of sp³-hybridized carbons (Fsp3) is 0.724. The molecule has 1 aromatic carbocycles. The van der Waals surface area contributed by atoms with E-state index in [0.717, 1.165) is 43.1 Å². The van der Waals surface area contributed by atoms with E-state index in [1.807, 2.05) is 0 Å². The van der Waals surface area contributed by atoms with E-state index in [0.29, 0.717) is 5.92 Å². The maximum Gasteiger partial charge on any atom is 0.272 e. The second-order valence-electron chi connectivity index (χ2n) is 10.5. The molecule has 0 bridgehead atoms. The van der Waals surface area contributed by atoms with E-state index >= 15 is 0 Å². The number of ether oxygens (including phenoxy) is 1. The van der Waals surface area contributed by atoms with Gasteiger partial charge in [-0.15, -0.1) is 0 Å². The minimum absolute atomic E-state index is 0.0212. The molecule has 2 aliphatic rings. The van der Waals surface area contributed by atoms with Gasteiger partial charge in [0.1, 0.15) is 6.61 Å². The van der Waals surface area contributed by atoms with Crippen molar-refractivity contribution in [2.45, 2.75) is 109 Å². The molecule has 1 nitrogen and oxygen atoms in total. The molecular weight excluding hydrogens is 457 g/mol. The van der Waals surface area contributed by atoms with Gasteiger partial charge in [-0.3, -0.25) is 0 Å². The number of allylic oxidation sites excluding steroid dienone is 2. The Bertz CT molecular complexity index is 750. The summed E-state index contributed by atoms with van der Waals surface area (Å²) >= 11 is 6.26. The van der Waals surface area contributed by atoms with Crippen LogP contribution in [0.15, 0.2) is 24.3 Å². The van der Waals surface area contributed by atoms with Crippen LogP contribution in [0.25, 0.3) is 0 Å². The maximum atomic E-state index is 14.5. The van der Waals surface area contributed by atoms with E-state index in [4.69, 9.17) is 16.3 Å². The Kier molecular flexibility index (Phi) is 11.6. The van der Waals surface area contributed by atoms with Crippen molar-refractivity contribution < 1.29 is 17.9 Å². The van der Waals surface area contributed by atoms with Crippen molar-refractivity contribution in [3.63, 3.8) is 0 Å². The van der Waals surface area contributed by atoms with Crippen molar-refractivity contribution >= 4 is 11.6 Å². The van der Waals surface area contributed by atoms with Gasteiger partial charge in [0.25, 0.3) is 6.43 Å². The van der Waals surface area contributed by atoms with Crippen molar-refractivity contribution in [1.29, 1.82) is 0 Å². The van der Waals surface area contributed by atoms with E-state index in [9.17, 15) is 13.2 Å². The van der Waals surface area contributed by atoms with Crippen LogP contribution in [-0.2, 0) is 0 Å². The average molecular weight is 499 g/mol. The standard InChI is InChI=1S/C29H42ClF3O/c1-2-3-4-5-6-7-21-8-10-22(11-9-21)12-13-23-14-16-24(17-15-23)25-18-19-26(29(33)28(25)30)34-20-27(31)32/h12-13,18-19,21-24,27H,2-11,14-17,20H2,1H3/b13-12+. The molecule has 192 valence electrons. The van der Waals surface area contributed by atoms with Crippen molar-refractivity contribution in [2.75, 3.05) is 6.61 Å². The summed E-state index contributed by atoms with van der Waals surface area (Å²) in [6, 6.07) is 3.18. The van der Waals surface area contributed by atoms with Crippen molar-refractivity contribution in [3.8, 4) is 5.75 Å². The molecule has 0 atom stereocenters. The molecule has 34 heavy (non-hydrogen) atoms. The second-order valence-corrected chi connectivity index (χ2v) is 10.8. The molecule has 2 fully saturated rings. The summed E-state index contributed by atoms with van der Waals surface area (Å²) in [7, 11) is 0. The third kappa shape index (κ3) is 8.50. The number of alkyl halides is 2. The fourth-order valence-electron chi connectivity index (χ4n) is 5.77. The van der Waals surface area contributed by atoms with Crippen molar-refractivity contribution in [2.24, 2.45) is 17.8 Å². The molecule has 0 radical (unpaired) electrons. The number of hydrogen-bond acceptors (Lipinski definition) is 1. The van der Waals surface area contributed by atoms with Crippen molar-refractivity contribution in [1.82, 2.24) is 0 Å². The normalized spacial score (nSPS) is 25.8. The minimum atomic E-state index is -2.64. The lowest BCUT2D eigenvalue weighted by atomic mass is 9.76. The average Bonchev–Trinajstić information content (AvgIpc) is 2.84. The van der Waals surface area contributed by atoms with Gasteiger partial charge in [-0.2, -0.15) is 0 Å². The third-order valence-corrected chi connectivity index (χ3v) is 8.30. The summed E-state index contributed by atoms with van der Waals surface area (Å²) in [6.45, 7) is 1.44. The van der Waals surface area contributed by atoms with Gasteiger partial charge >= 0.3 is 0 Å².